The Morgan fingerprint density at radius 2 is 2.17 bits per heavy atom. The molecule has 0 bridgehead atoms. The molecule has 2 fully saturated rings. The fourth-order valence-corrected chi connectivity index (χ4v) is 3.89. The lowest BCUT2D eigenvalue weighted by molar-refractivity contribution is -0.0928. The van der Waals surface area contributed by atoms with Gasteiger partial charge in [0, 0.05) is 14.1 Å². The molecule has 1 saturated carbocycles. The van der Waals surface area contributed by atoms with E-state index in [-0.39, 0.29) is 6.10 Å². The molecule has 11 heteroatoms. The van der Waals surface area contributed by atoms with E-state index in [1.54, 1.807) is 48.7 Å². The van der Waals surface area contributed by atoms with Gasteiger partial charge < -0.3 is 29.3 Å². The predicted octanol–water partition coefficient (Wildman–Crippen LogP) is 0.816. The third kappa shape index (κ3) is 2.92. The van der Waals surface area contributed by atoms with E-state index in [1.165, 1.54) is 6.33 Å². The number of rotatable bonds is 5. The lowest BCUT2D eigenvalue weighted by Gasteiger charge is -2.23. The molecule has 30 heavy (non-hydrogen) atoms. The van der Waals surface area contributed by atoms with Gasteiger partial charge in [-0.25, -0.2) is 19.3 Å². The van der Waals surface area contributed by atoms with Crippen molar-refractivity contribution in [3.05, 3.63) is 24.2 Å². The van der Waals surface area contributed by atoms with E-state index in [9.17, 15) is 15.0 Å². The van der Waals surface area contributed by atoms with Crippen LogP contribution in [0.15, 0.2) is 23.5 Å². The molecule has 2 aromatic rings. The maximum absolute atomic E-state index is 11.8. The van der Waals surface area contributed by atoms with Gasteiger partial charge in [-0.15, -0.1) is 0 Å². The highest BCUT2D eigenvalue weighted by Gasteiger charge is 2.87. The fourth-order valence-electron chi connectivity index (χ4n) is 3.89. The molecule has 4 rings (SSSR count). The van der Waals surface area contributed by atoms with E-state index < -0.39 is 35.7 Å². The van der Waals surface area contributed by atoms with Crippen molar-refractivity contribution >= 4 is 23.8 Å². The highest BCUT2D eigenvalue weighted by Crippen LogP contribution is 2.64. The van der Waals surface area contributed by atoms with Crippen LogP contribution in [-0.2, 0) is 14.2 Å². The van der Waals surface area contributed by atoms with Gasteiger partial charge in [-0.2, -0.15) is 5.10 Å². The Morgan fingerprint density at radius 3 is 2.77 bits per heavy atom. The van der Waals surface area contributed by atoms with Crippen molar-refractivity contribution in [1.82, 2.24) is 19.5 Å². The van der Waals surface area contributed by atoms with Crippen molar-refractivity contribution in [2.45, 2.75) is 56.4 Å². The molecule has 0 radical (unpaired) electrons. The van der Waals surface area contributed by atoms with Gasteiger partial charge in [-0.1, -0.05) is 0 Å². The van der Waals surface area contributed by atoms with Crippen molar-refractivity contribution < 1.29 is 29.2 Å². The summed E-state index contributed by atoms with van der Waals surface area (Å²) in [6.07, 6.45) is -1.59. The summed E-state index contributed by atoms with van der Waals surface area (Å²) in [5.74, 6) is 0.449. The molecule has 3 heterocycles. The standard InChI is InChI=1S/C19H25N5O6/c1-10(2)28-17(26)29-16-18(3)19(16,27)14(25)13(30-18)11-6-7-12-15(21-9-23(4)5)20-8-22-24(11)12/h6-10,13-14,16,25,27H,1-5H3/t13-,14-,16?,18+,19+/m0/s1. The largest absolute Gasteiger partial charge is 0.509 e. The summed E-state index contributed by atoms with van der Waals surface area (Å²) in [6.45, 7) is 4.95. The van der Waals surface area contributed by atoms with Crippen LogP contribution < -0.4 is 0 Å². The number of nitrogens with zero attached hydrogens (tertiary/aromatic N) is 5. The van der Waals surface area contributed by atoms with Gasteiger partial charge in [-0.05, 0) is 32.9 Å². The van der Waals surface area contributed by atoms with Gasteiger partial charge in [0.05, 0.1) is 18.1 Å². The second-order valence-corrected chi connectivity index (χ2v) is 8.18. The number of aliphatic hydroxyl groups excluding tert-OH is 1. The van der Waals surface area contributed by atoms with E-state index in [2.05, 4.69) is 15.1 Å². The summed E-state index contributed by atoms with van der Waals surface area (Å²) in [6, 6.07) is 3.49. The zero-order chi connectivity index (χ0) is 21.8. The molecule has 1 unspecified atom stereocenters. The Labute approximate surface area is 172 Å². The molecule has 162 valence electrons. The lowest BCUT2D eigenvalue weighted by atomic mass is 10.0. The van der Waals surface area contributed by atoms with Gasteiger partial charge in [0.2, 0.25) is 0 Å². The van der Waals surface area contributed by atoms with Crippen LogP contribution in [0.25, 0.3) is 5.52 Å². The topological polar surface area (TPSA) is 131 Å². The first-order valence-electron chi connectivity index (χ1n) is 9.58. The zero-order valence-electron chi connectivity index (χ0n) is 17.4. The summed E-state index contributed by atoms with van der Waals surface area (Å²) in [5.41, 5.74) is -1.88. The quantitative estimate of drug-likeness (QED) is 0.411. The minimum atomic E-state index is -1.75. The van der Waals surface area contributed by atoms with Crippen LogP contribution >= 0.6 is 0 Å². The molecule has 1 aliphatic carbocycles. The van der Waals surface area contributed by atoms with E-state index in [0.29, 0.717) is 17.0 Å². The van der Waals surface area contributed by atoms with Crippen LogP contribution in [0.4, 0.5) is 10.6 Å². The maximum Gasteiger partial charge on any atom is 0.509 e. The van der Waals surface area contributed by atoms with Gasteiger partial charge in [0.25, 0.3) is 0 Å². The van der Waals surface area contributed by atoms with Gasteiger partial charge >= 0.3 is 6.16 Å². The molecule has 2 aromatic heterocycles. The monoisotopic (exact) mass is 419 g/mol. The molecule has 1 saturated heterocycles. The average Bonchev–Trinajstić information content (AvgIpc) is 2.97. The van der Waals surface area contributed by atoms with Gasteiger partial charge in [0.1, 0.15) is 29.7 Å². The summed E-state index contributed by atoms with van der Waals surface area (Å²) in [5, 5.41) is 26.1. The Kier molecular flexibility index (Phi) is 4.71. The minimum absolute atomic E-state index is 0.367. The van der Waals surface area contributed by atoms with E-state index in [4.69, 9.17) is 14.2 Å². The molecule has 0 amide bonds. The van der Waals surface area contributed by atoms with Crippen LogP contribution in [0.3, 0.4) is 0 Å². The van der Waals surface area contributed by atoms with Crippen LogP contribution in [0, 0.1) is 0 Å². The van der Waals surface area contributed by atoms with Crippen molar-refractivity contribution in [3.63, 3.8) is 0 Å². The number of carbonyl (C=O) groups is 1. The maximum atomic E-state index is 11.8. The van der Waals surface area contributed by atoms with Crippen LogP contribution in [-0.4, -0.2) is 85.8 Å². The number of aliphatic imine (C=N–C) groups is 1. The molecule has 11 nitrogen and oxygen atoms in total. The lowest BCUT2D eigenvalue weighted by Crippen LogP contribution is -2.36. The van der Waals surface area contributed by atoms with Crippen molar-refractivity contribution in [2.75, 3.05) is 14.1 Å². The summed E-state index contributed by atoms with van der Waals surface area (Å²) in [4.78, 5) is 22.1. The second-order valence-electron chi connectivity index (χ2n) is 8.18. The SMILES string of the molecule is CC(C)OC(=O)OC1[C@@]2(C)O[C@@H](c3ccc4c(N=CN(C)C)ncnn34)[C@H](O)[C@@]12O. The predicted molar refractivity (Wildman–Crippen MR) is 105 cm³/mol. The Morgan fingerprint density at radius 1 is 1.43 bits per heavy atom. The first kappa shape index (κ1) is 20.5. The molecule has 0 aromatic carbocycles. The van der Waals surface area contributed by atoms with E-state index in [1.807, 2.05) is 14.1 Å². The van der Waals surface area contributed by atoms with E-state index >= 15 is 0 Å². The van der Waals surface area contributed by atoms with Crippen molar-refractivity contribution in [1.29, 1.82) is 0 Å². The first-order chi connectivity index (χ1) is 14.1. The average molecular weight is 419 g/mol. The number of ether oxygens (including phenoxy) is 3. The molecular formula is C19H25N5O6. The fraction of sp³-hybridized carbons (Fsp3) is 0.579. The van der Waals surface area contributed by atoms with Gasteiger partial charge in [0.15, 0.2) is 17.5 Å². The van der Waals surface area contributed by atoms with Crippen LogP contribution in [0.1, 0.15) is 32.6 Å². The number of fused-ring (bicyclic) bond motifs is 2. The van der Waals surface area contributed by atoms with Gasteiger partial charge in [-0.3, -0.25) is 0 Å². The van der Waals surface area contributed by atoms with Crippen molar-refractivity contribution in [2.24, 2.45) is 4.99 Å². The highest BCUT2D eigenvalue weighted by molar-refractivity contribution is 5.71. The molecular weight excluding hydrogens is 394 g/mol. The number of hydrogen-bond donors (Lipinski definition) is 2. The molecule has 2 N–H and O–H groups in total. The highest BCUT2D eigenvalue weighted by atomic mass is 16.8. The summed E-state index contributed by atoms with van der Waals surface area (Å²) >= 11 is 0. The third-order valence-corrected chi connectivity index (χ3v) is 5.43. The Hall–Kier alpha value is -2.76. The number of hydrogen-bond acceptors (Lipinski definition) is 9. The van der Waals surface area contributed by atoms with Crippen LogP contribution in [0.2, 0.25) is 0 Å². The second kappa shape index (κ2) is 6.89. The molecule has 2 aliphatic rings. The van der Waals surface area contributed by atoms with Crippen molar-refractivity contribution in [3.8, 4) is 0 Å². The number of carbonyl (C=O) groups excluding carboxylic acids is 1. The molecule has 1 aliphatic heterocycles. The van der Waals surface area contributed by atoms with Crippen LogP contribution in [0.5, 0.6) is 0 Å². The molecule has 5 atom stereocenters. The zero-order valence-corrected chi connectivity index (χ0v) is 17.4. The first-order valence-corrected chi connectivity index (χ1v) is 9.58. The molecule has 0 spiro atoms. The summed E-state index contributed by atoms with van der Waals surface area (Å²) in [7, 11) is 3.69. The summed E-state index contributed by atoms with van der Waals surface area (Å²) < 4.78 is 17.7. The number of aliphatic hydroxyl groups is 2. The Balaban J connectivity index is 1.59. The van der Waals surface area contributed by atoms with E-state index in [0.717, 1.165) is 0 Å². The normalized spacial score (nSPS) is 32.6. The smallest absolute Gasteiger partial charge is 0.432 e. The Bertz CT molecular complexity index is 1010. The number of aromatic nitrogens is 3. The minimum Gasteiger partial charge on any atom is -0.432 e. The third-order valence-electron chi connectivity index (χ3n) is 5.43.